The van der Waals surface area contributed by atoms with Crippen molar-refractivity contribution in [3.63, 3.8) is 0 Å². The van der Waals surface area contributed by atoms with Gasteiger partial charge in [-0.15, -0.1) is 0 Å². The quantitative estimate of drug-likeness (QED) is 0.709. The van der Waals surface area contributed by atoms with Gasteiger partial charge in [-0.05, 0) is 31.3 Å². The van der Waals surface area contributed by atoms with Crippen molar-refractivity contribution < 1.29 is 0 Å². The molecule has 0 N–H and O–H groups in total. The molecule has 2 aliphatic rings. The van der Waals surface area contributed by atoms with Crippen molar-refractivity contribution in [2.45, 2.75) is 39.7 Å². The van der Waals surface area contributed by atoms with E-state index in [1.165, 1.54) is 19.4 Å². The third-order valence-corrected chi connectivity index (χ3v) is 5.00. The molecule has 0 spiro atoms. The number of allylic oxidation sites excluding steroid dienone is 4. The van der Waals surface area contributed by atoms with Crippen LogP contribution >= 0.6 is 15.9 Å². The first-order valence-electron chi connectivity index (χ1n) is 6.28. The average molecular weight is 284 g/mol. The molecule has 1 heterocycles. The Labute approximate surface area is 108 Å². The van der Waals surface area contributed by atoms with Crippen molar-refractivity contribution >= 4 is 15.9 Å². The first kappa shape index (κ1) is 12.2. The Morgan fingerprint density at radius 2 is 2.25 bits per heavy atom. The first-order chi connectivity index (χ1) is 7.59. The predicted molar refractivity (Wildman–Crippen MR) is 73.7 cm³/mol. The lowest BCUT2D eigenvalue weighted by atomic mass is 9.74. The van der Waals surface area contributed by atoms with Gasteiger partial charge in [0.05, 0.1) is 0 Å². The van der Waals surface area contributed by atoms with Gasteiger partial charge in [-0.2, -0.15) is 0 Å². The normalized spacial score (nSPS) is 31.5. The molecule has 1 saturated heterocycles. The average Bonchev–Trinajstić information content (AvgIpc) is 2.47. The number of hydrogen-bond acceptors (Lipinski definition) is 1. The Morgan fingerprint density at radius 3 is 2.94 bits per heavy atom. The summed E-state index contributed by atoms with van der Waals surface area (Å²) >= 11 is 3.53. The molecule has 2 rings (SSSR count). The highest BCUT2D eigenvalue weighted by Crippen LogP contribution is 2.50. The Balaban J connectivity index is 2.23. The van der Waals surface area contributed by atoms with E-state index in [4.69, 9.17) is 0 Å². The van der Waals surface area contributed by atoms with Crippen molar-refractivity contribution in [3.05, 3.63) is 23.9 Å². The van der Waals surface area contributed by atoms with Gasteiger partial charge in [0.2, 0.25) is 0 Å². The number of hydrogen-bond donors (Lipinski definition) is 0. The summed E-state index contributed by atoms with van der Waals surface area (Å²) in [5.74, 6) is 0.725. The van der Waals surface area contributed by atoms with Crippen molar-refractivity contribution in [1.82, 2.24) is 4.90 Å². The Bertz CT molecular complexity index is 317. The SMILES string of the molecule is CC1N(CCCBr)C2=CC=CCC2C1(C)C. The lowest BCUT2D eigenvalue weighted by Gasteiger charge is -2.31. The molecule has 0 aromatic heterocycles. The zero-order chi connectivity index (χ0) is 11.8. The maximum Gasteiger partial charge on any atom is 0.0316 e. The van der Waals surface area contributed by atoms with Crippen LogP contribution in [-0.2, 0) is 0 Å². The first-order valence-corrected chi connectivity index (χ1v) is 7.40. The number of halogens is 1. The van der Waals surface area contributed by atoms with Crippen LogP contribution in [0, 0.1) is 11.3 Å². The molecule has 1 fully saturated rings. The molecule has 2 heteroatoms. The van der Waals surface area contributed by atoms with Gasteiger partial charge in [0, 0.05) is 29.5 Å². The molecule has 0 radical (unpaired) electrons. The lowest BCUT2D eigenvalue weighted by Crippen LogP contribution is -2.35. The second-order valence-electron chi connectivity index (χ2n) is 5.54. The van der Waals surface area contributed by atoms with E-state index in [2.05, 4.69) is 59.8 Å². The fourth-order valence-electron chi connectivity index (χ4n) is 3.07. The molecular weight excluding hydrogens is 262 g/mol. The molecular formula is C14H22BrN. The van der Waals surface area contributed by atoms with Crippen LogP contribution < -0.4 is 0 Å². The maximum absolute atomic E-state index is 3.53. The zero-order valence-electron chi connectivity index (χ0n) is 10.5. The Kier molecular flexibility index (Phi) is 3.48. The van der Waals surface area contributed by atoms with Gasteiger partial charge < -0.3 is 4.90 Å². The highest BCUT2D eigenvalue weighted by atomic mass is 79.9. The molecule has 16 heavy (non-hydrogen) atoms. The summed E-state index contributed by atoms with van der Waals surface area (Å²) in [7, 11) is 0. The van der Waals surface area contributed by atoms with Gasteiger partial charge in [-0.1, -0.05) is 41.9 Å². The molecule has 1 aliphatic carbocycles. The van der Waals surface area contributed by atoms with Crippen LogP contribution in [0.1, 0.15) is 33.6 Å². The van der Waals surface area contributed by atoms with Crippen LogP contribution in [-0.4, -0.2) is 22.8 Å². The molecule has 2 atom stereocenters. The summed E-state index contributed by atoms with van der Waals surface area (Å²) in [6.07, 6.45) is 9.31. The van der Waals surface area contributed by atoms with Gasteiger partial charge in [0.25, 0.3) is 0 Å². The number of likely N-dealkylation sites (tertiary alicyclic amines) is 1. The van der Waals surface area contributed by atoms with Crippen LogP contribution in [0.4, 0.5) is 0 Å². The topological polar surface area (TPSA) is 3.24 Å². The number of rotatable bonds is 3. The summed E-state index contributed by atoms with van der Waals surface area (Å²) in [6, 6.07) is 0.655. The van der Waals surface area contributed by atoms with Crippen LogP contribution in [0.5, 0.6) is 0 Å². The Morgan fingerprint density at radius 1 is 1.50 bits per heavy atom. The fraction of sp³-hybridized carbons (Fsp3) is 0.714. The zero-order valence-corrected chi connectivity index (χ0v) is 12.1. The van der Waals surface area contributed by atoms with Crippen molar-refractivity contribution in [3.8, 4) is 0 Å². The highest BCUT2D eigenvalue weighted by molar-refractivity contribution is 9.09. The highest BCUT2D eigenvalue weighted by Gasteiger charge is 2.47. The minimum Gasteiger partial charge on any atom is -0.371 e. The third-order valence-electron chi connectivity index (χ3n) is 4.44. The monoisotopic (exact) mass is 283 g/mol. The minimum absolute atomic E-state index is 0.406. The summed E-state index contributed by atoms with van der Waals surface area (Å²) in [5.41, 5.74) is 1.98. The summed E-state index contributed by atoms with van der Waals surface area (Å²) in [4.78, 5) is 2.62. The molecule has 0 saturated carbocycles. The maximum atomic E-state index is 3.53. The van der Waals surface area contributed by atoms with Crippen LogP contribution in [0.15, 0.2) is 23.9 Å². The number of nitrogens with zero attached hydrogens (tertiary/aromatic N) is 1. The van der Waals surface area contributed by atoms with Crippen molar-refractivity contribution in [1.29, 1.82) is 0 Å². The van der Waals surface area contributed by atoms with Crippen molar-refractivity contribution in [2.24, 2.45) is 11.3 Å². The second-order valence-corrected chi connectivity index (χ2v) is 6.33. The van der Waals surface area contributed by atoms with E-state index >= 15 is 0 Å². The van der Waals surface area contributed by atoms with Crippen molar-refractivity contribution in [2.75, 3.05) is 11.9 Å². The van der Waals surface area contributed by atoms with Gasteiger partial charge in [0.1, 0.15) is 0 Å². The van der Waals surface area contributed by atoms with Crippen LogP contribution in [0.2, 0.25) is 0 Å². The van der Waals surface area contributed by atoms with E-state index in [1.807, 2.05) is 0 Å². The van der Waals surface area contributed by atoms with Gasteiger partial charge >= 0.3 is 0 Å². The molecule has 90 valence electrons. The number of fused-ring (bicyclic) bond motifs is 1. The smallest absolute Gasteiger partial charge is 0.0316 e. The summed E-state index contributed by atoms with van der Waals surface area (Å²) in [5, 5.41) is 1.10. The van der Waals surface area contributed by atoms with E-state index in [9.17, 15) is 0 Å². The molecule has 0 aromatic carbocycles. The minimum atomic E-state index is 0.406. The van der Waals surface area contributed by atoms with Crippen LogP contribution in [0.25, 0.3) is 0 Å². The summed E-state index contributed by atoms with van der Waals surface area (Å²) in [6.45, 7) is 8.41. The molecule has 0 aromatic rings. The van der Waals surface area contributed by atoms with E-state index in [0.29, 0.717) is 11.5 Å². The largest absolute Gasteiger partial charge is 0.371 e. The van der Waals surface area contributed by atoms with E-state index in [0.717, 1.165) is 11.2 Å². The van der Waals surface area contributed by atoms with Gasteiger partial charge in [-0.25, -0.2) is 0 Å². The lowest BCUT2D eigenvalue weighted by molar-refractivity contribution is 0.188. The fourth-order valence-corrected chi connectivity index (χ4v) is 3.32. The van der Waals surface area contributed by atoms with E-state index < -0.39 is 0 Å². The summed E-state index contributed by atoms with van der Waals surface area (Å²) < 4.78 is 0. The number of alkyl halides is 1. The standard InChI is InChI=1S/C14H22BrN/c1-11-14(2,3)12-7-4-5-8-13(12)16(11)10-6-9-15/h4-5,8,11-12H,6-7,9-10H2,1-3H3. The van der Waals surface area contributed by atoms with Gasteiger partial charge in [0.15, 0.2) is 0 Å². The molecule has 0 amide bonds. The molecule has 0 bridgehead atoms. The molecule has 1 nitrogen and oxygen atoms in total. The predicted octanol–water partition coefficient (Wildman–Crippen LogP) is 3.96. The van der Waals surface area contributed by atoms with E-state index in [-0.39, 0.29) is 0 Å². The second kappa shape index (κ2) is 4.56. The third kappa shape index (κ3) is 1.85. The molecule has 2 unspecified atom stereocenters. The van der Waals surface area contributed by atoms with Gasteiger partial charge in [-0.3, -0.25) is 0 Å². The Hall–Kier alpha value is -0.240. The van der Waals surface area contributed by atoms with Crippen LogP contribution in [0.3, 0.4) is 0 Å². The molecule has 1 aliphatic heterocycles. The van der Waals surface area contributed by atoms with E-state index in [1.54, 1.807) is 5.70 Å².